The molecule has 0 radical (unpaired) electrons. The van der Waals surface area contributed by atoms with Crippen LogP contribution in [0.4, 0.5) is 5.82 Å². The van der Waals surface area contributed by atoms with Gasteiger partial charge in [-0.05, 0) is 30.5 Å². The van der Waals surface area contributed by atoms with Gasteiger partial charge in [-0.3, -0.25) is 14.3 Å². The molecule has 2 atom stereocenters. The Morgan fingerprint density at radius 3 is 2.23 bits per heavy atom. The van der Waals surface area contributed by atoms with Gasteiger partial charge >= 0.3 is 0 Å². The van der Waals surface area contributed by atoms with E-state index in [1.54, 1.807) is 23.0 Å². The van der Waals surface area contributed by atoms with E-state index >= 15 is 0 Å². The number of halogens is 3. The Kier molecular flexibility index (Phi) is 4.71. The van der Waals surface area contributed by atoms with Gasteiger partial charge in [-0.2, -0.15) is 5.10 Å². The van der Waals surface area contributed by atoms with Gasteiger partial charge in [0.15, 0.2) is 5.82 Å². The van der Waals surface area contributed by atoms with Crippen molar-refractivity contribution in [2.24, 2.45) is 11.8 Å². The Morgan fingerprint density at radius 1 is 0.962 bits per heavy atom. The highest BCUT2D eigenvalue weighted by atomic mass is 35.5. The zero-order valence-corrected chi connectivity index (χ0v) is 16.1. The maximum absolute atomic E-state index is 12.7. The maximum atomic E-state index is 12.7. The summed E-state index contributed by atoms with van der Waals surface area (Å²) in [6, 6.07) is 5.30. The number of hydrogen-bond acceptors (Lipinski definition) is 3. The molecule has 1 saturated carbocycles. The van der Waals surface area contributed by atoms with Crippen LogP contribution < -0.4 is 4.90 Å². The van der Waals surface area contributed by atoms with Crippen molar-refractivity contribution in [2.45, 2.75) is 32.2 Å². The standard InChI is InChI=1S/C18H16Cl3N3O2/c19-13-6-5-10(7-14(13)20)8-23-9-15(21)16(22-23)24-17(25)11-3-1-2-4-12(11)18(24)26/h5-7,9,11-12H,1-4,8H2/t11-,12+. The van der Waals surface area contributed by atoms with E-state index in [1.165, 1.54) is 4.90 Å². The summed E-state index contributed by atoms with van der Waals surface area (Å²) in [5.41, 5.74) is 0.887. The van der Waals surface area contributed by atoms with Gasteiger partial charge in [-0.15, -0.1) is 0 Å². The summed E-state index contributed by atoms with van der Waals surface area (Å²) in [6.07, 6.45) is 5.09. The number of amides is 2. The quantitative estimate of drug-likeness (QED) is 0.694. The highest BCUT2D eigenvalue weighted by Crippen LogP contribution is 2.41. The normalized spacial score (nSPS) is 22.8. The number of carbonyl (C=O) groups is 2. The first-order chi connectivity index (χ1) is 12.5. The number of benzene rings is 1. The molecule has 5 nitrogen and oxygen atoms in total. The third-order valence-corrected chi connectivity index (χ3v) is 6.09. The van der Waals surface area contributed by atoms with E-state index in [9.17, 15) is 9.59 Å². The molecule has 0 spiro atoms. The van der Waals surface area contributed by atoms with E-state index in [1.807, 2.05) is 6.07 Å². The van der Waals surface area contributed by atoms with E-state index in [-0.39, 0.29) is 34.5 Å². The molecule has 136 valence electrons. The van der Waals surface area contributed by atoms with Gasteiger partial charge in [0.25, 0.3) is 0 Å². The van der Waals surface area contributed by atoms with Crippen molar-refractivity contribution in [2.75, 3.05) is 4.90 Å². The van der Waals surface area contributed by atoms with Crippen LogP contribution in [0.5, 0.6) is 0 Å². The molecule has 2 aliphatic rings. The number of aromatic nitrogens is 2. The maximum Gasteiger partial charge on any atom is 0.238 e. The van der Waals surface area contributed by atoms with Crippen LogP contribution in [0.1, 0.15) is 31.2 Å². The fourth-order valence-corrected chi connectivity index (χ4v) is 4.37. The minimum absolute atomic E-state index is 0.179. The average Bonchev–Trinajstić information content (AvgIpc) is 3.09. The highest BCUT2D eigenvalue weighted by Gasteiger charge is 2.50. The number of carbonyl (C=O) groups excluding carboxylic acids is 2. The molecule has 2 heterocycles. The van der Waals surface area contributed by atoms with Crippen LogP contribution >= 0.6 is 34.8 Å². The van der Waals surface area contributed by atoms with Crippen LogP contribution in [0.25, 0.3) is 0 Å². The Labute approximate surface area is 165 Å². The fourth-order valence-electron chi connectivity index (χ4n) is 3.82. The van der Waals surface area contributed by atoms with Crippen molar-refractivity contribution in [1.82, 2.24) is 9.78 Å². The third-order valence-electron chi connectivity index (χ3n) is 5.08. The van der Waals surface area contributed by atoms with Crippen LogP contribution in [0.2, 0.25) is 15.1 Å². The molecule has 2 aromatic rings. The largest absolute Gasteiger partial charge is 0.274 e. The summed E-state index contributed by atoms with van der Waals surface area (Å²) >= 11 is 18.3. The first-order valence-corrected chi connectivity index (χ1v) is 9.64. The molecule has 0 bridgehead atoms. The van der Waals surface area contributed by atoms with Gasteiger partial charge in [0.05, 0.1) is 28.4 Å². The lowest BCUT2D eigenvalue weighted by Gasteiger charge is -2.19. The number of hydrogen-bond donors (Lipinski definition) is 0. The molecular weight excluding hydrogens is 397 g/mol. The van der Waals surface area contributed by atoms with Crippen molar-refractivity contribution < 1.29 is 9.59 Å². The van der Waals surface area contributed by atoms with Crippen LogP contribution in [0.15, 0.2) is 24.4 Å². The predicted octanol–water partition coefficient (Wildman–Crippen LogP) is 4.57. The molecule has 1 aromatic carbocycles. The molecule has 2 fully saturated rings. The topological polar surface area (TPSA) is 55.2 Å². The number of anilines is 1. The Morgan fingerprint density at radius 2 is 1.62 bits per heavy atom. The Hall–Kier alpha value is -1.56. The Balaban J connectivity index is 1.61. The second-order valence-corrected chi connectivity index (χ2v) is 7.98. The summed E-state index contributed by atoms with van der Waals surface area (Å²) in [6.45, 7) is 0.402. The average molecular weight is 413 g/mol. The molecule has 8 heteroatoms. The minimum atomic E-state index is -0.229. The van der Waals surface area contributed by atoms with Crippen molar-refractivity contribution in [3.05, 3.63) is 45.0 Å². The van der Waals surface area contributed by atoms with Crippen LogP contribution in [0.3, 0.4) is 0 Å². The fraction of sp³-hybridized carbons (Fsp3) is 0.389. The van der Waals surface area contributed by atoms with Gasteiger partial charge in [0.2, 0.25) is 11.8 Å². The molecule has 1 aliphatic heterocycles. The smallest absolute Gasteiger partial charge is 0.238 e. The van der Waals surface area contributed by atoms with E-state index in [4.69, 9.17) is 34.8 Å². The lowest BCUT2D eigenvalue weighted by atomic mass is 9.81. The number of nitrogens with zero attached hydrogens (tertiary/aromatic N) is 3. The second-order valence-electron chi connectivity index (χ2n) is 6.76. The monoisotopic (exact) mass is 411 g/mol. The molecule has 1 aliphatic carbocycles. The predicted molar refractivity (Wildman–Crippen MR) is 101 cm³/mol. The summed E-state index contributed by atoms with van der Waals surface area (Å²) < 4.78 is 1.60. The van der Waals surface area contributed by atoms with Gasteiger partial charge in [0, 0.05) is 6.20 Å². The molecule has 1 aromatic heterocycles. The molecule has 0 N–H and O–H groups in total. The molecule has 1 saturated heterocycles. The van der Waals surface area contributed by atoms with Gasteiger partial charge in [0.1, 0.15) is 5.02 Å². The van der Waals surface area contributed by atoms with E-state index < -0.39 is 0 Å². The Bertz CT molecular complexity index is 872. The highest BCUT2D eigenvalue weighted by molar-refractivity contribution is 6.42. The first-order valence-electron chi connectivity index (χ1n) is 8.50. The second kappa shape index (κ2) is 6.87. The number of imide groups is 1. The molecule has 26 heavy (non-hydrogen) atoms. The molecule has 2 amide bonds. The summed E-state index contributed by atoms with van der Waals surface area (Å²) in [7, 11) is 0. The summed E-state index contributed by atoms with van der Waals surface area (Å²) in [5.74, 6) is -0.598. The van der Waals surface area contributed by atoms with Crippen LogP contribution in [-0.2, 0) is 16.1 Å². The SMILES string of the molecule is O=C1[C@H]2CCCC[C@H]2C(=O)N1c1nn(Cc2ccc(Cl)c(Cl)c2)cc1Cl. The summed E-state index contributed by atoms with van der Waals surface area (Å²) in [4.78, 5) is 26.6. The lowest BCUT2D eigenvalue weighted by molar-refractivity contribution is -0.122. The molecule has 0 unspecified atom stereocenters. The number of fused-ring (bicyclic) bond motifs is 1. The van der Waals surface area contributed by atoms with E-state index in [0.29, 0.717) is 16.6 Å². The van der Waals surface area contributed by atoms with E-state index in [0.717, 1.165) is 31.2 Å². The van der Waals surface area contributed by atoms with Crippen molar-refractivity contribution in [1.29, 1.82) is 0 Å². The number of rotatable bonds is 3. The van der Waals surface area contributed by atoms with Crippen molar-refractivity contribution in [3.63, 3.8) is 0 Å². The molecular formula is C18H16Cl3N3O2. The third kappa shape index (κ3) is 3.02. The molecule has 4 rings (SSSR count). The van der Waals surface area contributed by atoms with Crippen LogP contribution in [0, 0.1) is 11.8 Å². The van der Waals surface area contributed by atoms with Gasteiger partial charge in [-0.25, -0.2) is 4.90 Å². The van der Waals surface area contributed by atoms with Crippen molar-refractivity contribution >= 4 is 52.4 Å². The van der Waals surface area contributed by atoms with Crippen LogP contribution in [-0.4, -0.2) is 21.6 Å². The van der Waals surface area contributed by atoms with E-state index in [2.05, 4.69) is 5.10 Å². The van der Waals surface area contributed by atoms with Gasteiger partial charge in [-0.1, -0.05) is 53.7 Å². The lowest BCUT2D eigenvalue weighted by Crippen LogP contribution is -2.31. The minimum Gasteiger partial charge on any atom is -0.274 e. The zero-order chi connectivity index (χ0) is 18.4. The van der Waals surface area contributed by atoms with Gasteiger partial charge < -0.3 is 0 Å². The first kappa shape index (κ1) is 17.8. The van der Waals surface area contributed by atoms with Crippen molar-refractivity contribution in [3.8, 4) is 0 Å². The zero-order valence-electron chi connectivity index (χ0n) is 13.8. The summed E-state index contributed by atoms with van der Waals surface area (Å²) in [5, 5.41) is 5.61.